The molecular formula is C21H24N2O3. The van der Waals surface area contributed by atoms with Gasteiger partial charge in [-0.3, -0.25) is 14.8 Å². The van der Waals surface area contributed by atoms with Gasteiger partial charge in [0.05, 0.1) is 11.5 Å². The van der Waals surface area contributed by atoms with Gasteiger partial charge in [0.2, 0.25) is 0 Å². The lowest BCUT2D eigenvalue weighted by Crippen LogP contribution is -2.39. The highest BCUT2D eigenvalue weighted by Crippen LogP contribution is 2.43. The molecule has 0 bridgehead atoms. The SMILES string of the molecule is CC1=C(C(=O)OC2CCCC2)[C@H](c2ccncc2)[C@@H]2C(=O)CCCC2=N1. The van der Waals surface area contributed by atoms with Crippen LogP contribution in [0.4, 0.5) is 0 Å². The van der Waals surface area contributed by atoms with E-state index in [2.05, 4.69) is 9.98 Å². The third-order valence-corrected chi connectivity index (χ3v) is 5.77. The molecule has 0 radical (unpaired) electrons. The number of carbonyl (C=O) groups is 2. The zero-order valence-electron chi connectivity index (χ0n) is 15.1. The number of carbonyl (C=O) groups excluding carboxylic acids is 2. The van der Waals surface area contributed by atoms with Gasteiger partial charge in [-0.2, -0.15) is 0 Å². The number of aromatic nitrogens is 1. The number of Topliss-reactive ketones (excluding diaryl/α,β-unsaturated/α-hetero) is 1. The minimum absolute atomic E-state index is 0.00618. The highest BCUT2D eigenvalue weighted by molar-refractivity contribution is 6.11. The van der Waals surface area contributed by atoms with E-state index in [1.54, 1.807) is 12.4 Å². The van der Waals surface area contributed by atoms with Gasteiger partial charge in [0.25, 0.3) is 0 Å². The average molecular weight is 352 g/mol. The summed E-state index contributed by atoms with van der Waals surface area (Å²) < 4.78 is 5.79. The molecule has 1 aliphatic heterocycles. The van der Waals surface area contributed by atoms with Crippen molar-refractivity contribution in [3.05, 3.63) is 41.4 Å². The van der Waals surface area contributed by atoms with Gasteiger partial charge in [0.1, 0.15) is 11.9 Å². The van der Waals surface area contributed by atoms with Crippen molar-refractivity contribution in [2.24, 2.45) is 10.9 Å². The van der Waals surface area contributed by atoms with E-state index in [0.717, 1.165) is 49.8 Å². The lowest BCUT2D eigenvalue weighted by Gasteiger charge is -2.35. The number of esters is 1. The summed E-state index contributed by atoms with van der Waals surface area (Å²) in [6, 6.07) is 3.79. The lowest BCUT2D eigenvalue weighted by molar-refractivity contribution is -0.144. The highest BCUT2D eigenvalue weighted by Gasteiger charge is 2.44. The van der Waals surface area contributed by atoms with Crippen molar-refractivity contribution in [1.29, 1.82) is 0 Å². The molecule has 0 unspecified atom stereocenters. The number of allylic oxidation sites excluding steroid dienone is 1. The van der Waals surface area contributed by atoms with E-state index >= 15 is 0 Å². The molecule has 2 heterocycles. The van der Waals surface area contributed by atoms with Crippen molar-refractivity contribution in [3.63, 3.8) is 0 Å². The molecule has 4 rings (SSSR count). The Kier molecular flexibility index (Phi) is 4.70. The maximum atomic E-state index is 13.1. The molecule has 2 aliphatic carbocycles. The average Bonchev–Trinajstić information content (AvgIpc) is 3.14. The van der Waals surface area contributed by atoms with E-state index in [0.29, 0.717) is 17.7 Å². The fourth-order valence-electron chi connectivity index (χ4n) is 4.54. The predicted octanol–water partition coefficient (Wildman–Crippen LogP) is 3.75. The lowest BCUT2D eigenvalue weighted by atomic mass is 9.69. The maximum Gasteiger partial charge on any atom is 0.336 e. The van der Waals surface area contributed by atoms with Crippen molar-refractivity contribution >= 4 is 17.5 Å². The summed E-state index contributed by atoms with van der Waals surface area (Å²) in [5.74, 6) is -0.791. The van der Waals surface area contributed by atoms with Crippen LogP contribution in [0.5, 0.6) is 0 Å². The van der Waals surface area contributed by atoms with Gasteiger partial charge in [-0.1, -0.05) is 0 Å². The van der Waals surface area contributed by atoms with Crippen LogP contribution in [-0.2, 0) is 14.3 Å². The van der Waals surface area contributed by atoms with E-state index in [4.69, 9.17) is 4.74 Å². The Morgan fingerprint density at radius 1 is 1.08 bits per heavy atom. The van der Waals surface area contributed by atoms with E-state index in [-0.39, 0.29) is 29.7 Å². The first-order valence-electron chi connectivity index (χ1n) is 9.57. The van der Waals surface area contributed by atoms with Gasteiger partial charge in [0.15, 0.2) is 0 Å². The van der Waals surface area contributed by atoms with Crippen LogP contribution in [0.15, 0.2) is 40.8 Å². The number of ketones is 1. The fraction of sp³-hybridized carbons (Fsp3) is 0.524. The van der Waals surface area contributed by atoms with Crippen LogP contribution >= 0.6 is 0 Å². The number of ether oxygens (including phenoxy) is 1. The molecule has 3 aliphatic rings. The summed E-state index contributed by atoms with van der Waals surface area (Å²) in [6.07, 6.45) is 9.69. The van der Waals surface area contributed by atoms with Gasteiger partial charge in [-0.15, -0.1) is 0 Å². The molecule has 136 valence electrons. The molecule has 0 N–H and O–H groups in total. The largest absolute Gasteiger partial charge is 0.459 e. The Bertz CT molecular complexity index is 776. The monoisotopic (exact) mass is 352 g/mol. The standard InChI is InChI=1S/C21H24N2O3/c1-13-18(21(25)26-15-5-2-3-6-15)19(14-9-11-22-12-10-14)20-16(23-13)7-4-8-17(20)24/h9-12,15,19-20H,2-8H2,1H3/t19-,20-/m0/s1. The highest BCUT2D eigenvalue weighted by atomic mass is 16.5. The first kappa shape index (κ1) is 17.1. The van der Waals surface area contributed by atoms with Crippen LogP contribution in [0, 0.1) is 5.92 Å². The Morgan fingerprint density at radius 3 is 2.54 bits per heavy atom. The van der Waals surface area contributed by atoms with Crippen molar-refractivity contribution < 1.29 is 14.3 Å². The quantitative estimate of drug-likeness (QED) is 0.777. The molecule has 0 amide bonds. The predicted molar refractivity (Wildman–Crippen MR) is 97.8 cm³/mol. The number of nitrogens with zero attached hydrogens (tertiary/aromatic N) is 2. The third kappa shape index (κ3) is 3.11. The Labute approximate surface area is 153 Å². The first-order chi connectivity index (χ1) is 12.6. The molecule has 26 heavy (non-hydrogen) atoms. The molecule has 2 atom stereocenters. The molecule has 2 saturated carbocycles. The summed E-state index contributed by atoms with van der Waals surface area (Å²) in [5.41, 5.74) is 3.09. The number of hydrogen-bond donors (Lipinski definition) is 0. The number of rotatable bonds is 3. The van der Waals surface area contributed by atoms with Crippen molar-refractivity contribution in [2.45, 2.75) is 63.9 Å². The van der Waals surface area contributed by atoms with E-state index in [1.165, 1.54) is 0 Å². The van der Waals surface area contributed by atoms with E-state index in [1.807, 2.05) is 19.1 Å². The number of fused-ring (bicyclic) bond motifs is 1. The minimum Gasteiger partial charge on any atom is -0.459 e. The molecule has 2 fully saturated rings. The summed E-state index contributed by atoms with van der Waals surface area (Å²) in [5, 5.41) is 0. The van der Waals surface area contributed by atoms with Crippen LogP contribution in [-0.4, -0.2) is 28.6 Å². The second-order valence-corrected chi connectivity index (χ2v) is 7.47. The van der Waals surface area contributed by atoms with Crippen molar-refractivity contribution in [1.82, 2.24) is 4.98 Å². The minimum atomic E-state index is -0.346. The second-order valence-electron chi connectivity index (χ2n) is 7.47. The van der Waals surface area contributed by atoms with E-state index in [9.17, 15) is 9.59 Å². The molecule has 5 heteroatoms. The molecule has 0 spiro atoms. The molecule has 0 aromatic carbocycles. The normalized spacial score (nSPS) is 26.5. The summed E-state index contributed by atoms with van der Waals surface area (Å²) in [4.78, 5) is 34.6. The Balaban J connectivity index is 1.75. The van der Waals surface area contributed by atoms with Crippen molar-refractivity contribution in [3.8, 4) is 0 Å². The van der Waals surface area contributed by atoms with Crippen molar-refractivity contribution in [2.75, 3.05) is 0 Å². The maximum absolute atomic E-state index is 13.1. The number of hydrogen-bond acceptors (Lipinski definition) is 5. The van der Waals surface area contributed by atoms with Gasteiger partial charge < -0.3 is 4.74 Å². The molecular weight excluding hydrogens is 328 g/mol. The van der Waals surface area contributed by atoms with Crippen LogP contribution in [0.25, 0.3) is 0 Å². The summed E-state index contributed by atoms with van der Waals surface area (Å²) >= 11 is 0. The zero-order chi connectivity index (χ0) is 18.1. The zero-order valence-corrected chi connectivity index (χ0v) is 15.1. The molecule has 0 saturated heterocycles. The smallest absolute Gasteiger partial charge is 0.336 e. The molecule has 1 aromatic heterocycles. The van der Waals surface area contributed by atoms with Gasteiger partial charge >= 0.3 is 5.97 Å². The Morgan fingerprint density at radius 2 is 1.81 bits per heavy atom. The van der Waals surface area contributed by atoms with Gasteiger partial charge in [-0.25, -0.2) is 4.79 Å². The summed E-state index contributed by atoms with van der Waals surface area (Å²) in [6.45, 7) is 1.86. The van der Waals surface area contributed by atoms with Crippen LogP contribution in [0.3, 0.4) is 0 Å². The first-order valence-corrected chi connectivity index (χ1v) is 9.57. The van der Waals surface area contributed by atoms with Gasteiger partial charge in [0, 0.05) is 36.1 Å². The Hall–Kier alpha value is -2.30. The van der Waals surface area contributed by atoms with E-state index < -0.39 is 0 Å². The third-order valence-electron chi connectivity index (χ3n) is 5.77. The van der Waals surface area contributed by atoms with Crippen LogP contribution in [0.1, 0.15) is 63.4 Å². The van der Waals surface area contributed by atoms with Crippen LogP contribution in [0.2, 0.25) is 0 Å². The van der Waals surface area contributed by atoms with Crippen LogP contribution < -0.4 is 0 Å². The second kappa shape index (κ2) is 7.14. The topological polar surface area (TPSA) is 68.6 Å². The number of aliphatic imine (C=N–C) groups is 1. The number of pyridine rings is 1. The molecule has 5 nitrogen and oxygen atoms in total. The fourth-order valence-corrected chi connectivity index (χ4v) is 4.54. The van der Waals surface area contributed by atoms with Gasteiger partial charge in [-0.05, 0) is 63.1 Å². The summed E-state index contributed by atoms with van der Waals surface area (Å²) in [7, 11) is 0. The molecule has 1 aromatic rings.